The molecule has 23 heavy (non-hydrogen) atoms. The highest BCUT2D eigenvalue weighted by Gasteiger charge is 2.03. The van der Waals surface area contributed by atoms with Crippen molar-refractivity contribution in [3.8, 4) is 11.5 Å². The Hall–Kier alpha value is -2.81. The highest BCUT2D eigenvalue weighted by atomic mass is 16.5. The molecule has 0 saturated heterocycles. The average molecular weight is 305 g/mol. The minimum Gasteiger partial charge on any atom is -0.493 e. The van der Waals surface area contributed by atoms with Crippen molar-refractivity contribution in [1.82, 2.24) is 4.98 Å². The molecular formula is C20H19NO2. The standard InChI is InChI=1S/C20H19NO2/c1-3-23-20-14-15(9-13-19(20)22-2)8-11-17-12-10-16-6-4-5-7-18(16)21-17/h4-14H,3H2,1-2H3/b11-8+. The first-order valence-corrected chi connectivity index (χ1v) is 7.65. The maximum absolute atomic E-state index is 5.60. The molecule has 3 nitrogen and oxygen atoms in total. The van der Waals surface area contributed by atoms with Crippen LogP contribution in [-0.4, -0.2) is 18.7 Å². The lowest BCUT2D eigenvalue weighted by molar-refractivity contribution is 0.311. The van der Waals surface area contributed by atoms with Gasteiger partial charge in [0.2, 0.25) is 0 Å². The van der Waals surface area contributed by atoms with E-state index in [-0.39, 0.29) is 0 Å². The van der Waals surface area contributed by atoms with E-state index in [0.29, 0.717) is 6.61 Å². The minimum absolute atomic E-state index is 0.607. The zero-order chi connectivity index (χ0) is 16.1. The van der Waals surface area contributed by atoms with Crippen LogP contribution in [0.4, 0.5) is 0 Å². The van der Waals surface area contributed by atoms with Crippen LogP contribution in [0.2, 0.25) is 0 Å². The van der Waals surface area contributed by atoms with Gasteiger partial charge in [0.25, 0.3) is 0 Å². The molecule has 3 rings (SSSR count). The van der Waals surface area contributed by atoms with Crippen LogP contribution >= 0.6 is 0 Å². The van der Waals surface area contributed by atoms with E-state index in [0.717, 1.165) is 33.7 Å². The van der Waals surface area contributed by atoms with Crippen molar-refractivity contribution in [2.45, 2.75) is 6.92 Å². The van der Waals surface area contributed by atoms with E-state index in [1.54, 1.807) is 7.11 Å². The van der Waals surface area contributed by atoms with Gasteiger partial charge in [0.05, 0.1) is 24.9 Å². The predicted molar refractivity (Wildman–Crippen MR) is 94.8 cm³/mol. The molecule has 0 fully saturated rings. The van der Waals surface area contributed by atoms with Crippen LogP contribution in [0.5, 0.6) is 11.5 Å². The van der Waals surface area contributed by atoms with Crippen LogP contribution in [-0.2, 0) is 0 Å². The second-order valence-electron chi connectivity index (χ2n) is 5.11. The number of nitrogens with zero attached hydrogens (tertiary/aromatic N) is 1. The summed E-state index contributed by atoms with van der Waals surface area (Å²) < 4.78 is 10.9. The molecule has 0 amide bonds. The second-order valence-corrected chi connectivity index (χ2v) is 5.11. The monoisotopic (exact) mass is 305 g/mol. The number of ether oxygens (including phenoxy) is 2. The molecule has 0 radical (unpaired) electrons. The normalized spacial score (nSPS) is 11.0. The third kappa shape index (κ3) is 3.51. The van der Waals surface area contributed by atoms with E-state index in [4.69, 9.17) is 9.47 Å². The molecule has 0 aliphatic heterocycles. The van der Waals surface area contributed by atoms with Gasteiger partial charge >= 0.3 is 0 Å². The van der Waals surface area contributed by atoms with E-state index < -0.39 is 0 Å². The van der Waals surface area contributed by atoms with Crippen LogP contribution in [0.15, 0.2) is 54.6 Å². The molecule has 0 saturated carbocycles. The molecule has 1 heterocycles. The summed E-state index contributed by atoms with van der Waals surface area (Å²) >= 11 is 0. The van der Waals surface area contributed by atoms with E-state index in [1.807, 2.05) is 61.5 Å². The number of hydrogen-bond acceptors (Lipinski definition) is 3. The van der Waals surface area contributed by atoms with E-state index in [9.17, 15) is 0 Å². The summed E-state index contributed by atoms with van der Waals surface area (Å²) in [5.41, 5.74) is 2.97. The average Bonchev–Trinajstić information content (AvgIpc) is 2.60. The van der Waals surface area contributed by atoms with Gasteiger partial charge in [-0.3, -0.25) is 0 Å². The Labute approximate surface area is 136 Å². The molecule has 0 atom stereocenters. The fraction of sp³-hybridized carbons (Fsp3) is 0.150. The summed E-state index contributed by atoms with van der Waals surface area (Å²) in [6.07, 6.45) is 4.03. The number of methoxy groups -OCH3 is 1. The molecule has 0 unspecified atom stereocenters. The van der Waals surface area contributed by atoms with Gasteiger partial charge in [0, 0.05) is 5.39 Å². The van der Waals surface area contributed by atoms with Crippen molar-refractivity contribution in [2.24, 2.45) is 0 Å². The number of fused-ring (bicyclic) bond motifs is 1. The Bertz CT molecular complexity index is 840. The minimum atomic E-state index is 0.607. The van der Waals surface area contributed by atoms with E-state index in [2.05, 4.69) is 17.1 Å². The Morgan fingerprint density at radius 2 is 1.83 bits per heavy atom. The van der Waals surface area contributed by atoms with Crippen molar-refractivity contribution in [2.75, 3.05) is 13.7 Å². The Morgan fingerprint density at radius 1 is 0.957 bits per heavy atom. The quantitative estimate of drug-likeness (QED) is 0.677. The fourth-order valence-electron chi connectivity index (χ4n) is 2.42. The third-order valence-electron chi connectivity index (χ3n) is 3.55. The van der Waals surface area contributed by atoms with Crippen molar-refractivity contribution >= 4 is 23.1 Å². The number of hydrogen-bond donors (Lipinski definition) is 0. The summed E-state index contributed by atoms with van der Waals surface area (Å²) in [6.45, 7) is 2.57. The van der Waals surface area contributed by atoms with Gasteiger partial charge in [-0.15, -0.1) is 0 Å². The number of aromatic nitrogens is 1. The number of para-hydroxylation sites is 1. The van der Waals surface area contributed by atoms with Gasteiger partial charge in [0.15, 0.2) is 11.5 Å². The topological polar surface area (TPSA) is 31.4 Å². The second kappa shape index (κ2) is 6.97. The fourth-order valence-corrected chi connectivity index (χ4v) is 2.42. The molecule has 3 aromatic rings. The van der Waals surface area contributed by atoms with Crippen LogP contribution in [0, 0.1) is 0 Å². The van der Waals surface area contributed by atoms with Gasteiger partial charge in [0.1, 0.15) is 0 Å². The van der Waals surface area contributed by atoms with Crippen molar-refractivity contribution in [3.05, 3.63) is 65.9 Å². The molecule has 2 aromatic carbocycles. The first-order valence-electron chi connectivity index (χ1n) is 7.65. The molecule has 0 bridgehead atoms. The van der Waals surface area contributed by atoms with Crippen molar-refractivity contribution < 1.29 is 9.47 Å². The number of benzene rings is 2. The first kappa shape index (κ1) is 15.1. The predicted octanol–water partition coefficient (Wildman–Crippen LogP) is 4.81. The van der Waals surface area contributed by atoms with E-state index in [1.165, 1.54) is 0 Å². The van der Waals surface area contributed by atoms with Crippen LogP contribution < -0.4 is 9.47 Å². The summed E-state index contributed by atoms with van der Waals surface area (Å²) in [4.78, 5) is 4.64. The maximum Gasteiger partial charge on any atom is 0.161 e. The SMILES string of the molecule is CCOc1cc(/C=C/c2ccc3ccccc3n2)ccc1OC. The zero-order valence-corrected chi connectivity index (χ0v) is 13.3. The van der Waals surface area contributed by atoms with Crippen LogP contribution in [0.3, 0.4) is 0 Å². The molecule has 0 aliphatic rings. The maximum atomic E-state index is 5.60. The lowest BCUT2D eigenvalue weighted by Crippen LogP contribution is -1.95. The van der Waals surface area contributed by atoms with Crippen molar-refractivity contribution in [1.29, 1.82) is 0 Å². The molecule has 0 N–H and O–H groups in total. The van der Waals surface area contributed by atoms with Gasteiger partial charge in [-0.2, -0.15) is 0 Å². The first-order chi connectivity index (χ1) is 11.3. The lowest BCUT2D eigenvalue weighted by atomic mass is 10.1. The molecule has 1 aromatic heterocycles. The molecule has 3 heteroatoms. The Kier molecular flexibility index (Phi) is 4.57. The van der Waals surface area contributed by atoms with Gasteiger partial charge in [-0.1, -0.05) is 36.4 Å². The highest BCUT2D eigenvalue weighted by Crippen LogP contribution is 2.28. The van der Waals surface area contributed by atoms with Crippen molar-refractivity contribution in [3.63, 3.8) is 0 Å². The largest absolute Gasteiger partial charge is 0.493 e. The zero-order valence-electron chi connectivity index (χ0n) is 13.3. The summed E-state index contributed by atoms with van der Waals surface area (Å²) in [7, 11) is 1.65. The summed E-state index contributed by atoms with van der Waals surface area (Å²) in [5, 5.41) is 1.15. The third-order valence-corrected chi connectivity index (χ3v) is 3.55. The Morgan fingerprint density at radius 3 is 2.65 bits per heavy atom. The molecule has 0 aliphatic carbocycles. The molecule has 116 valence electrons. The molecule has 0 spiro atoms. The van der Waals surface area contributed by atoms with Crippen LogP contribution in [0.25, 0.3) is 23.1 Å². The van der Waals surface area contributed by atoms with Gasteiger partial charge < -0.3 is 9.47 Å². The Balaban J connectivity index is 1.87. The summed E-state index contributed by atoms with van der Waals surface area (Å²) in [6, 6.07) is 18.1. The van der Waals surface area contributed by atoms with E-state index >= 15 is 0 Å². The number of pyridine rings is 1. The number of rotatable bonds is 5. The molecular weight excluding hydrogens is 286 g/mol. The van der Waals surface area contributed by atoms with Crippen LogP contribution in [0.1, 0.15) is 18.2 Å². The van der Waals surface area contributed by atoms with Gasteiger partial charge in [-0.05, 0) is 42.8 Å². The smallest absolute Gasteiger partial charge is 0.161 e. The lowest BCUT2D eigenvalue weighted by Gasteiger charge is -2.09. The highest BCUT2D eigenvalue weighted by molar-refractivity contribution is 5.80. The van der Waals surface area contributed by atoms with Gasteiger partial charge in [-0.25, -0.2) is 4.98 Å². The summed E-state index contributed by atoms with van der Waals surface area (Å²) in [5.74, 6) is 1.50.